The average molecular weight is 213 g/mol. The van der Waals surface area contributed by atoms with Crippen molar-refractivity contribution in [2.75, 3.05) is 0 Å². The molecule has 0 saturated carbocycles. The first kappa shape index (κ1) is 10.5. The second kappa shape index (κ2) is 3.87. The Morgan fingerprint density at radius 2 is 1.80 bits per heavy atom. The van der Waals surface area contributed by atoms with Gasteiger partial charge in [0, 0.05) is 5.92 Å². The third-order valence-corrected chi connectivity index (χ3v) is 2.74. The maximum atomic E-state index is 12.3. The number of fused-ring (bicyclic) bond motifs is 1. The highest BCUT2D eigenvalue weighted by Crippen LogP contribution is 2.38. The van der Waals surface area contributed by atoms with Gasteiger partial charge in [-0.05, 0) is 30.4 Å². The van der Waals surface area contributed by atoms with E-state index in [9.17, 15) is 13.2 Å². The van der Waals surface area contributed by atoms with Crippen LogP contribution >= 0.6 is 0 Å². The van der Waals surface area contributed by atoms with Crippen molar-refractivity contribution in [3.63, 3.8) is 0 Å². The molecule has 2 rings (SSSR count). The van der Waals surface area contributed by atoms with Crippen LogP contribution in [0, 0.1) is 5.92 Å². The summed E-state index contributed by atoms with van der Waals surface area (Å²) in [6.45, 7) is 0. The predicted molar refractivity (Wildman–Crippen MR) is 52.4 cm³/mol. The summed E-state index contributed by atoms with van der Waals surface area (Å²) in [7, 11) is 0. The smallest absolute Gasteiger partial charge is 0.171 e. The Bertz CT molecular complexity index is 341. The van der Waals surface area contributed by atoms with Gasteiger partial charge >= 0.3 is 6.18 Å². The number of alkyl halides is 3. The zero-order chi connectivity index (χ0) is 10.9. The molecule has 0 saturated heterocycles. The summed E-state index contributed by atoms with van der Waals surface area (Å²) in [6, 6.07) is 7.41. The Labute approximate surface area is 87.1 Å². The van der Waals surface area contributed by atoms with Crippen LogP contribution in [0.25, 0.3) is 0 Å². The molecule has 0 bridgehead atoms. The van der Waals surface area contributed by atoms with Gasteiger partial charge in [-0.1, -0.05) is 24.3 Å². The number of benzene rings is 1. The summed E-state index contributed by atoms with van der Waals surface area (Å²) in [5.74, 6) is 0.546. The van der Waals surface area contributed by atoms with Crippen LogP contribution in [-0.4, -0.2) is 6.18 Å². The van der Waals surface area contributed by atoms with Crippen LogP contribution < -0.4 is 0 Å². The van der Waals surface area contributed by atoms with E-state index in [1.807, 2.05) is 12.1 Å². The molecule has 0 fully saturated rings. The van der Waals surface area contributed by atoms with E-state index in [1.165, 1.54) is 0 Å². The largest absolute Gasteiger partial charge is 0.390 e. The second-order valence-corrected chi connectivity index (χ2v) is 3.91. The molecule has 1 aliphatic carbocycles. The Balaban J connectivity index is 2.22. The monoisotopic (exact) mass is 213 g/mol. The first-order valence-electron chi connectivity index (χ1n) is 5.06. The van der Waals surface area contributed by atoms with Crippen LogP contribution in [0.3, 0.4) is 0 Å². The van der Waals surface area contributed by atoms with E-state index < -0.39 is 12.6 Å². The highest BCUT2D eigenvalue weighted by atomic mass is 19.4. The Kier molecular flexibility index (Phi) is 2.72. The molecule has 0 unspecified atom stereocenters. The van der Waals surface area contributed by atoms with Gasteiger partial charge in [-0.3, -0.25) is 0 Å². The fourth-order valence-electron chi connectivity index (χ4n) is 2.14. The van der Waals surface area contributed by atoms with Crippen molar-refractivity contribution >= 4 is 0 Å². The van der Waals surface area contributed by atoms with E-state index >= 15 is 0 Å². The molecule has 0 heterocycles. The average Bonchev–Trinajstić information content (AvgIpc) is 2.16. The van der Waals surface area contributed by atoms with E-state index in [2.05, 4.69) is 0 Å². The number of aryl methyl sites for hydroxylation is 1. The third kappa shape index (κ3) is 2.52. The van der Waals surface area contributed by atoms with E-state index in [4.69, 9.17) is 0 Å². The van der Waals surface area contributed by atoms with Crippen molar-refractivity contribution in [2.24, 2.45) is 0 Å². The Morgan fingerprint density at radius 1 is 1.07 bits per heavy atom. The SMILES string of the molecule is FC(F)(F)C[C]1CCCc2ccccc21. The topological polar surface area (TPSA) is 0 Å². The zero-order valence-electron chi connectivity index (χ0n) is 8.27. The van der Waals surface area contributed by atoms with Gasteiger partial charge in [-0.15, -0.1) is 0 Å². The minimum absolute atomic E-state index is 0.546. The molecule has 1 aliphatic rings. The maximum absolute atomic E-state index is 12.3. The van der Waals surface area contributed by atoms with Gasteiger partial charge in [0.1, 0.15) is 0 Å². The lowest BCUT2D eigenvalue weighted by molar-refractivity contribution is -0.130. The van der Waals surface area contributed by atoms with Crippen molar-refractivity contribution in [2.45, 2.75) is 31.9 Å². The first-order valence-corrected chi connectivity index (χ1v) is 5.06. The molecule has 1 aromatic carbocycles. The molecule has 0 atom stereocenters. The molecule has 3 heteroatoms. The molecule has 15 heavy (non-hydrogen) atoms. The van der Waals surface area contributed by atoms with E-state index in [-0.39, 0.29) is 0 Å². The van der Waals surface area contributed by atoms with Gasteiger partial charge in [-0.25, -0.2) is 0 Å². The summed E-state index contributed by atoms with van der Waals surface area (Å²) >= 11 is 0. The zero-order valence-corrected chi connectivity index (χ0v) is 8.27. The van der Waals surface area contributed by atoms with Crippen LogP contribution in [-0.2, 0) is 6.42 Å². The third-order valence-electron chi connectivity index (χ3n) is 2.74. The summed E-state index contributed by atoms with van der Waals surface area (Å²) in [5.41, 5.74) is 1.88. The normalized spacial score (nSPS) is 17.5. The van der Waals surface area contributed by atoms with E-state index in [0.717, 1.165) is 24.0 Å². The summed E-state index contributed by atoms with van der Waals surface area (Å²) in [6.07, 6.45) is -2.53. The van der Waals surface area contributed by atoms with Crippen LogP contribution in [0.1, 0.15) is 30.4 Å². The van der Waals surface area contributed by atoms with Crippen LogP contribution in [0.5, 0.6) is 0 Å². The van der Waals surface area contributed by atoms with Crippen LogP contribution in [0.2, 0.25) is 0 Å². The van der Waals surface area contributed by atoms with Gasteiger partial charge in [0.2, 0.25) is 0 Å². The molecule has 81 valence electrons. The van der Waals surface area contributed by atoms with Crippen LogP contribution in [0.4, 0.5) is 13.2 Å². The second-order valence-electron chi connectivity index (χ2n) is 3.91. The standard InChI is InChI=1S/C12H12F3/c13-12(14,15)8-10-6-3-5-9-4-1-2-7-11(9)10/h1-2,4,7H,3,5-6,8H2. The van der Waals surface area contributed by atoms with Crippen molar-refractivity contribution in [3.8, 4) is 0 Å². The van der Waals surface area contributed by atoms with E-state index in [1.54, 1.807) is 12.1 Å². The summed E-state index contributed by atoms with van der Waals surface area (Å²) < 4.78 is 36.9. The fraction of sp³-hybridized carbons (Fsp3) is 0.417. The molecule has 0 nitrogen and oxygen atoms in total. The minimum atomic E-state index is -4.08. The highest BCUT2D eigenvalue weighted by molar-refractivity contribution is 5.40. The van der Waals surface area contributed by atoms with Crippen molar-refractivity contribution < 1.29 is 13.2 Å². The van der Waals surface area contributed by atoms with Gasteiger partial charge in [0.25, 0.3) is 0 Å². The molecule has 0 aromatic heterocycles. The number of rotatable bonds is 1. The summed E-state index contributed by atoms with van der Waals surface area (Å²) in [4.78, 5) is 0. The number of hydrogen-bond donors (Lipinski definition) is 0. The highest BCUT2D eigenvalue weighted by Gasteiger charge is 2.34. The molecule has 1 aromatic rings. The molecule has 0 aliphatic heterocycles. The van der Waals surface area contributed by atoms with Gasteiger partial charge in [-0.2, -0.15) is 13.2 Å². The molecule has 0 spiro atoms. The number of halogens is 3. The molecule has 0 N–H and O–H groups in total. The van der Waals surface area contributed by atoms with E-state index in [0.29, 0.717) is 12.3 Å². The van der Waals surface area contributed by atoms with Gasteiger partial charge in [0.15, 0.2) is 0 Å². The number of hydrogen-bond acceptors (Lipinski definition) is 0. The fourth-order valence-corrected chi connectivity index (χ4v) is 2.14. The quantitative estimate of drug-likeness (QED) is 0.663. The maximum Gasteiger partial charge on any atom is 0.390 e. The lowest BCUT2D eigenvalue weighted by atomic mass is 9.81. The molecule has 1 radical (unpaired) electrons. The van der Waals surface area contributed by atoms with Gasteiger partial charge < -0.3 is 0 Å². The predicted octanol–water partition coefficient (Wildman–Crippen LogP) is 3.90. The lowest BCUT2D eigenvalue weighted by Crippen LogP contribution is -2.18. The Hall–Kier alpha value is -0.990. The van der Waals surface area contributed by atoms with Crippen molar-refractivity contribution in [1.82, 2.24) is 0 Å². The lowest BCUT2D eigenvalue weighted by Gasteiger charge is -2.25. The molecular formula is C12H12F3. The van der Waals surface area contributed by atoms with Crippen molar-refractivity contribution in [1.29, 1.82) is 0 Å². The van der Waals surface area contributed by atoms with Crippen LogP contribution in [0.15, 0.2) is 24.3 Å². The summed E-state index contributed by atoms with van der Waals surface area (Å²) in [5, 5.41) is 0. The Morgan fingerprint density at radius 3 is 2.53 bits per heavy atom. The first-order chi connectivity index (χ1) is 7.06. The molecule has 0 amide bonds. The molecular weight excluding hydrogens is 201 g/mol. The van der Waals surface area contributed by atoms with Gasteiger partial charge in [0.05, 0.1) is 6.42 Å². The van der Waals surface area contributed by atoms with Crippen molar-refractivity contribution in [3.05, 3.63) is 41.3 Å². The minimum Gasteiger partial charge on any atom is -0.171 e.